The normalized spacial score (nSPS) is 17.0. The lowest BCUT2D eigenvalue weighted by atomic mass is 10.2. The van der Waals surface area contributed by atoms with Crippen molar-refractivity contribution in [3.8, 4) is 0 Å². The van der Waals surface area contributed by atoms with Gasteiger partial charge in [-0.1, -0.05) is 6.07 Å². The minimum Gasteiger partial charge on any atom is -0.368 e. The van der Waals surface area contributed by atoms with Crippen LogP contribution in [0.15, 0.2) is 41.0 Å². The monoisotopic (exact) mass is 375 g/mol. The molecular formula is C17H18BrN3O2. The van der Waals surface area contributed by atoms with E-state index in [4.69, 9.17) is 4.74 Å². The number of carbonyl (C=O) groups excluding carboxylic acids is 1. The lowest BCUT2D eigenvalue weighted by Crippen LogP contribution is -2.27. The number of hydrogen-bond acceptors (Lipinski definition) is 4. The number of anilines is 3. The highest BCUT2D eigenvalue weighted by Crippen LogP contribution is 2.26. The van der Waals surface area contributed by atoms with Crippen molar-refractivity contribution < 1.29 is 9.53 Å². The molecule has 2 N–H and O–H groups in total. The zero-order valence-corrected chi connectivity index (χ0v) is 14.4. The predicted molar refractivity (Wildman–Crippen MR) is 94.0 cm³/mol. The number of carbonyl (C=O) groups is 1. The molecule has 0 radical (unpaired) electrons. The molecule has 5 nitrogen and oxygen atoms in total. The van der Waals surface area contributed by atoms with Crippen LogP contribution < -0.4 is 10.6 Å². The molecule has 120 valence electrons. The minimum absolute atomic E-state index is 0.128. The first kappa shape index (κ1) is 16.0. The van der Waals surface area contributed by atoms with E-state index in [1.54, 1.807) is 12.3 Å². The summed E-state index contributed by atoms with van der Waals surface area (Å²) in [5.74, 6) is 0.399. The van der Waals surface area contributed by atoms with Gasteiger partial charge in [0.05, 0.1) is 17.6 Å². The van der Waals surface area contributed by atoms with Gasteiger partial charge in [0.15, 0.2) is 0 Å². The molecule has 2 aromatic rings. The van der Waals surface area contributed by atoms with Gasteiger partial charge in [0, 0.05) is 11.1 Å². The Kier molecular flexibility index (Phi) is 4.93. The fourth-order valence-corrected chi connectivity index (χ4v) is 3.00. The van der Waals surface area contributed by atoms with Crippen LogP contribution in [0.4, 0.5) is 17.2 Å². The van der Waals surface area contributed by atoms with Crippen molar-refractivity contribution in [1.29, 1.82) is 0 Å². The van der Waals surface area contributed by atoms with E-state index < -0.39 is 0 Å². The molecule has 6 heteroatoms. The van der Waals surface area contributed by atoms with Crippen molar-refractivity contribution in [2.45, 2.75) is 25.9 Å². The van der Waals surface area contributed by atoms with Crippen LogP contribution in [0.3, 0.4) is 0 Å². The SMILES string of the molecule is Cc1ccc(Nc2ccc(NC(=O)C3CCCO3)nc2)c(Br)c1. The molecule has 1 aromatic heterocycles. The predicted octanol–water partition coefficient (Wildman–Crippen LogP) is 4.01. The number of nitrogens with one attached hydrogen (secondary N) is 2. The van der Waals surface area contributed by atoms with Gasteiger partial charge < -0.3 is 15.4 Å². The molecule has 1 unspecified atom stereocenters. The van der Waals surface area contributed by atoms with Gasteiger partial charge in [0.2, 0.25) is 0 Å². The molecule has 0 aliphatic carbocycles. The van der Waals surface area contributed by atoms with Crippen molar-refractivity contribution in [3.63, 3.8) is 0 Å². The molecule has 23 heavy (non-hydrogen) atoms. The third-order valence-electron chi connectivity index (χ3n) is 3.64. The largest absolute Gasteiger partial charge is 0.368 e. The number of benzene rings is 1. The van der Waals surface area contributed by atoms with E-state index in [0.717, 1.165) is 28.7 Å². The molecule has 1 aliphatic rings. The second kappa shape index (κ2) is 7.10. The Balaban J connectivity index is 1.63. The van der Waals surface area contributed by atoms with Gasteiger partial charge in [0.1, 0.15) is 11.9 Å². The average Bonchev–Trinajstić information content (AvgIpc) is 3.06. The fraction of sp³-hybridized carbons (Fsp3) is 0.294. The van der Waals surface area contributed by atoms with Crippen LogP contribution in [0.2, 0.25) is 0 Å². The maximum atomic E-state index is 12.0. The summed E-state index contributed by atoms with van der Waals surface area (Å²) in [4.78, 5) is 16.2. The maximum Gasteiger partial charge on any atom is 0.254 e. The van der Waals surface area contributed by atoms with Crippen LogP contribution in [-0.4, -0.2) is 23.6 Å². The van der Waals surface area contributed by atoms with Gasteiger partial charge in [-0.25, -0.2) is 4.98 Å². The summed E-state index contributed by atoms with van der Waals surface area (Å²) in [7, 11) is 0. The summed E-state index contributed by atoms with van der Waals surface area (Å²) in [6.07, 6.45) is 3.04. The number of hydrogen-bond donors (Lipinski definition) is 2. The number of aromatic nitrogens is 1. The molecule has 1 fully saturated rings. The van der Waals surface area contributed by atoms with Gasteiger partial charge in [-0.15, -0.1) is 0 Å². The first-order chi connectivity index (χ1) is 11.1. The second-order valence-electron chi connectivity index (χ2n) is 5.53. The summed E-state index contributed by atoms with van der Waals surface area (Å²) in [6, 6.07) is 9.75. The van der Waals surface area contributed by atoms with E-state index in [2.05, 4.69) is 31.5 Å². The number of ether oxygens (including phenoxy) is 1. The highest BCUT2D eigenvalue weighted by Gasteiger charge is 2.23. The Morgan fingerprint density at radius 2 is 2.22 bits per heavy atom. The number of rotatable bonds is 4. The van der Waals surface area contributed by atoms with E-state index in [9.17, 15) is 4.79 Å². The van der Waals surface area contributed by atoms with Gasteiger partial charge in [-0.2, -0.15) is 0 Å². The van der Waals surface area contributed by atoms with Crippen molar-refractivity contribution in [2.24, 2.45) is 0 Å². The topological polar surface area (TPSA) is 63.2 Å². The van der Waals surface area contributed by atoms with E-state index in [1.165, 1.54) is 5.56 Å². The lowest BCUT2D eigenvalue weighted by molar-refractivity contribution is -0.124. The zero-order valence-electron chi connectivity index (χ0n) is 12.8. The third-order valence-corrected chi connectivity index (χ3v) is 4.30. The van der Waals surface area contributed by atoms with Crippen LogP contribution in [0, 0.1) is 6.92 Å². The van der Waals surface area contributed by atoms with Crippen molar-refractivity contribution in [2.75, 3.05) is 17.2 Å². The zero-order chi connectivity index (χ0) is 16.2. The molecule has 0 saturated carbocycles. The number of nitrogens with zero attached hydrogens (tertiary/aromatic N) is 1. The number of pyridine rings is 1. The van der Waals surface area contributed by atoms with Crippen molar-refractivity contribution in [3.05, 3.63) is 46.6 Å². The van der Waals surface area contributed by atoms with Crippen LogP contribution in [0.25, 0.3) is 0 Å². The van der Waals surface area contributed by atoms with E-state index in [1.807, 2.05) is 31.2 Å². The summed E-state index contributed by atoms with van der Waals surface area (Å²) in [5.41, 5.74) is 3.01. The molecule has 1 amide bonds. The van der Waals surface area contributed by atoms with Crippen LogP contribution >= 0.6 is 15.9 Å². The van der Waals surface area contributed by atoms with E-state index >= 15 is 0 Å². The van der Waals surface area contributed by atoms with Gasteiger partial charge >= 0.3 is 0 Å². The van der Waals surface area contributed by atoms with E-state index in [0.29, 0.717) is 12.4 Å². The third kappa shape index (κ3) is 4.09. The minimum atomic E-state index is -0.349. The average molecular weight is 376 g/mol. The highest BCUT2D eigenvalue weighted by molar-refractivity contribution is 9.10. The fourth-order valence-electron chi connectivity index (χ4n) is 2.41. The second-order valence-corrected chi connectivity index (χ2v) is 6.39. The molecule has 1 aromatic carbocycles. The first-order valence-corrected chi connectivity index (χ1v) is 8.33. The Hall–Kier alpha value is -1.92. The molecule has 1 atom stereocenters. The summed E-state index contributed by atoms with van der Waals surface area (Å²) in [6.45, 7) is 2.70. The number of halogens is 1. The van der Waals surface area contributed by atoms with Crippen LogP contribution in [0.5, 0.6) is 0 Å². The standard InChI is InChI=1S/C17H18BrN3O2/c1-11-4-6-14(13(18)9-11)20-12-5-7-16(19-10-12)21-17(22)15-3-2-8-23-15/h4-7,9-10,15,20H,2-3,8H2,1H3,(H,19,21,22). The van der Waals surface area contributed by atoms with Gasteiger partial charge in [-0.3, -0.25) is 4.79 Å². The van der Waals surface area contributed by atoms with Gasteiger partial charge in [0.25, 0.3) is 5.91 Å². The lowest BCUT2D eigenvalue weighted by Gasteiger charge is -2.11. The molecule has 0 spiro atoms. The quantitative estimate of drug-likeness (QED) is 0.846. The highest BCUT2D eigenvalue weighted by atomic mass is 79.9. The Morgan fingerprint density at radius 3 is 2.87 bits per heavy atom. The number of aryl methyl sites for hydroxylation is 1. The summed E-state index contributed by atoms with van der Waals surface area (Å²) in [5, 5.41) is 6.07. The Morgan fingerprint density at radius 1 is 1.35 bits per heavy atom. The molecule has 2 heterocycles. The Bertz CT molecular complexity index is 697. The molecule has 0 bridgehead atoms. The Labute approximate surface area is 143 Å². The van der Waals surface area contributed by atoms with Crippen molar-refractivity contribution in [1.82, 2.24) is 4.98 Å². The molecule has 1 aliphatic heterocycles. The van der Waals surface area contributed by atoms with E-state index in [-0.39, 0.29) is 12.0 Å². The van der Waals surface area contributed by atoms with Crippen molar-refractivity contribution >= 4 is 39.0 Å². The molecular weight excluding hydrogens is 358 g/mol. The number of amides is 1. The van der Waals surface area contributed by atoms with Crippen LogP contribution in [0.1, 0.15) is 18.4 Å². The molecule has 3 rings (SSSR count). The van der Waals surface area contributed by atoms with Crippen LogP contribution in [-0.2, 0) is 9.53 Å². The first-order valence-electron chi connectivity index (χ1n) is 7.53. The summed E-state index contributed by atoms with van der Waals surface area (Å²) < 4.78 is 6.35. The van der Waals surface area contributed by atoms with Gasteiger partial charge in [-0.05, 0) is 65.5 Å². The molecule has 1 saturated heterocycles. The summed E-state index contributed by atoms with van der Waals surface area (Å²) >= 11 is 3.54. The maximum absolute atomic E-state index is 12.0. The smallest absolute Gasteiger partial charge is 0.254 e.